The SMILES string of the molecule is CC(C)NC(=O)COc1ccc2c(c1)OC(=O)CC2=O. The molecule has 0 saturated heterocycles. The van der Waals surface area contributed by atoms with Crippen molar-refractivity contribution in [2.45, 2.75) is 26.3 Å². The molecule has 0 spiro atoms. The van der Waals surface area contributed by atoms with Crippen molar-refractivity contribution in [2.75, 3.05) is 6.61 Å². The smallest absolute Gasteiger partial charge is 0.319 e. The fourth-order valence-corrected chi connectivity index (χ4v) is 1.80. The van der Waals surface area contributed by atoms with E-state index >= 15 is 0 Å². The van der Waals surface area contributed by atoms with Gasteiger partial charge in [0.1, 0.15) is 17.9 Å². The third-order valence-corrected chi connectivity index (χ3v) is 2.60. The molecule has 1 aromatic rings. The Morgan fingerprint density at radius 2 is 2.15 bits per heavy atom. The van der Waals surface area contributed by atoms with Gasteiger partial charge in [-0.3, -0.25) is 14.4 Å². The fraction of sp³-hybridized carbons (Fsp3) is 0.357. The third-order valence-electron chi connectivity index (χ3n) is 2.60. The van der Waals surface area contributed by atoms with Crippen LogP contribution < -0.4 is 14.8 Å². The van der Waals surface area contributed by atoms with Crippen LogP contribution in [0.5, 0.6) is 11.5 Å². The summed E-state index contributed by atoms with van der Waals surface area (Å²) in [5.74, 6) is -0.568. The molecule has 0 bridgehead atoms. The number of ether oxygens (including phenoxy) is 2. The minimum atomic E-state index is -0.586. The second-order valence-electron chi connectivity index (χ2n) is 4.74. The predicted octanol–water partition coefficient (Wildman–Crippen LogP) is 1.08. The van der Waals surface area contributed by atoms with Crippen LogP contribution in [0.1, 0.15) is 30.6 Å². The molecular weight excluding hydrogens is 262 g/mol. The maximum absolute atomic E-state index is 11.6. The van der Waals surface area contributed by atoms with Crippen molar-refractivity contribution < 1.29 is 23.9 Å². The number of carbonyl (C=O) groups is 3. The average Bonchev–Trinajstić information content (AvgIpc) is 2.34. The fourth-order valence-electron chi connectivity index (χ4n) is 1.80. The molecule has 1 heterocycles. The lowest BCUT2D eigenvalue weighted by Gasteiger charge is -2.16. The van der Waals surface area contributed by atoms with E-state index in [2.05, 4.69) is 5.32 Å². The van der Waals surface area contributed by atoms with Crippen molar-refractivity contribution in [3.8, 4) is 11.5 Å². The van der Waals surface area contributed by atoms with Crippen molar-refractivity contribution in [3.05, 3.63) is 23.8 Å². The van der Waals surface area contributed by atoms with Crippen molar-refractivity contribution >= 4 is 17.7 Å². The normalized spacial score (nSPS) is 13.8. The van der Waals surface area contributed by atoms with Crippen LogP contribution in [0.2, 0.25) is 0 Å². The summed E-state index contributed by atoms with van der Waals surface area (Å²) in [5, 5.41) is 2.69. The van der Waals surface area contributed by atoms with Gasteiger partial charge in [0, 0.05) is 12.1 Å². The molecule has 2 rings (SSSR count). The molecule has 106 valence electrons. The minimum absolute atomic E-state index is 0.0354. The Morgan fingerprint density at radius 1 is 1.40 bits per heavy atom. The third kappa shape index (κ3) is 3.34. The Labute approximate surface area is 116 Å². The lowest BCUT2D eigenvalue weighted by atomic mass is 10.0. The van der Waals surface area contributed by atoms with Gasteiger partial charge in [0.15, 0.2) is 12.4 Å². The largest absolute Gasteiger partial charge is 0.484 e. The van der Waals surface area contributed by atoms with Crippen molar-refractivity contribution in [1.82, 2.24) is 5.32 Å². The highest BCUT2D eigenvalue weighted by molar-refractivity contribution is 6.11. The van der Waals surface area contributed by atoms with E-state index in [4.69, 9.17) is 9.47 Å². The van der Waals surface area contributed by atoms with Gasteiger partial charge in [0.05, 0.1) is 5.56 Å². The molecule has 6 heteroatoms. The molecule has 6 nitrogen and oxygen atoms in total. The van der Waals surface area contributed by atoms with Gasteiger partial charge in [-0.15, -0.1) is 0 Å². The maximum Gasteiger partial charge on any atom is 0.319 e. The summed E-state index contributed by atoms with van der Waals surface area (Å²) in [4.78, 5) is 34.2. The molecule has 0 saturated carbocycles. The number of amides is 1. The number of Topliss-reactive ketones (excluding diaryl/α,β-unsaturated/α-hetero) is 1. The number of benzene rings is 1. The molecule has 0 unspecified atom stereocenters. The van der Waals surface area contributed by atoms with Crippen LogP contribution in [-0.2, 0) is 9.59 Å². The second kappa shape index (κ2) is 5.73. The average molecular weight is 277 g/mol. The van der Waals surface area contributed by atoms with E-state index in [9.17, 15) is 14.4 Å². The molecule has 1 aliphatic heterocycles. The number of esters is 1. The lowest BCUT2D eigenvalue weighted by molar-refractivity contribution is -0.134. The van der Waals surface area contributed by atoms with Crippen molar-refractivity contribution in [3.63, 3.8) is 0 Å². The molecule has 1 aromatic carbocycles. The van der Waals surface area contributed by atoms with Gasteiger partial charge in [-0.05, 0) is 26.0 Å². The van der Waals surface area contributed by atoms with Crippen LogP contribution in [-0.4, -0.2) is 30.3 Å². The van der Waals surface area contributed by atoms with E-state index in [0.717, 1.165) is 0 Å². The summed E-state index contributed by atoms with van der Waals surface area (Å²) in [7, 11) is 0. The monoisotopic (exact) mass is 277 g/mol. The first-order chi connectivity index (χ1) is 9.45. The zero-order valence-electron chi connectivity index (χ0n) is 11.3. The predicted molar refractivity (Wildman–Crippen MR) is 69.8 cm³/mol. The Kier molecular flexibility index (Phi) is 4.02. The van der Waals surface area contributed by atoms with Crippen LogP contribution in [0, 0.1) is 0 Å². The van der Waals surface area contributed by atoms with Crippen LogP contribution >= 0.6 is 0 Å². The Hall–Kier alpha value is -2.37. The van der Waals surface area contributed by atoms with Gasteiger partial charge >= 0.3 is 5.97 Å². The van der Waals surface area contributed by atoms with Crippen LogP contribution in [0.3, 0.4) is 0 Å². The first kappa shape index (κ1) is 14.0. The van der Waals surface area contributed by atoms with Crippen molar-refractivity contribution in [2.24, 2.45) is 0 Å². The summed E-state index contributed by atoms with van der Waals surface area (Å²) in [6.45, 7) is 3.56. The first-order valence-electron chi connectivity index (χ1n) is 6.26. The Morgan fingerprint density at radius 3 is 2.85 bits per heavy atom. The number of rotatable bonds is 4. The summed E-state index contributed by atoms with van der Waals surface area (Å²) in [6, 6.07) is 4.57. The van der Waals surface area contributed by atoms with Gasteiger partial charge < -0.3 is 14.8 Å². The van der Waals surface area contributed by atoms with E-state index in [-0.39, 0.29) is 36.5 Å². The van der Waals surface area contributed by atoms with E-state index in [0.29, 0.717) is 11.3 Å². The number of nitrogens with one attached hydrogen (secondary N) is 1. The van der Waals surface area contributed by atoms with Crippen LogP contribution in [0.4, 0.5) is 0 Å². The van der Waals surface area contributed by atoms with Crippen LogP contribution in [0.25, 0.3) is 0 Å². The topological polar surface area (TPSA) is 81.7 Å². The lowest BCUT2D eigenvalue weighted by Crippen LogP contribution is -2.34. The van der Waals surface area contributed by atoms with E-state index < -0.39 is 5.97 Å². The van der Waals surface area contributed by atoms with Gasteiger partial charge in [0.2, 0.25) is 0 Å². The molecule has 20 heavy (non-hydrogen) atoms. The zero-order valence-corrected chi connectivity index (χ0v) is 11.3. The Bertz CT molecular complexity index is 565. The van der Waals surface area contributed by atoms with Crippen molar-refractivity contribution in [1.29, 1.82) is 0 Å². The molecule has 0 atom stereocenters. The summed E-state index contributed by atoms with van der Waals surface area (Å²) in [6.07, 6.45) is -0.246. The van der Waals surface area contributed by atoms with Gasteiger partial charge in [0.25, 0.3) is 5.91 Å². The maximum atomic E-state index is 11.6. The minimum Gasteiger partial charge on any atom is -0.484 e. The van der Waals surface area contributed by atoms with Gasteiger partial charge in [-0.25, -0.2) is 0 Å². The number of carbonyl (C=O) groups excluding carboxylic acids is 3. The summed E-state index contributed by atoms with van der Waals surface area (Å²) < 4.78 is 10.3. The first-order valence-corrected chi connectivity index (χ1v) is 6.26. The summed E-state index contributed by atoms with van der Waals surface area (Å²) in [5.41, 5.74) is 0.351. The van der Waals surface area contributed by atoms with Gasteiger partial charge in [-0.2, -0.15) is 0 Å². The van der Waals surface area contributed by atoms with E-state index in [1.54, 1.807) is 6.07 Å². The highest BCUT2D eigenvalue weighted by Gasteiger charge is 2.25. The molecule has 1 aliphatic rings. The van der Waals surface area contributed by atoms with E-state index in [1.807, 2.05) is 13.8 Å². The molecular formula is C14H15NO5. The number of ketones is 1. The Balaban J connectivity index is 2.04. The molecule has 0 fully saturated rings. The van der Waals surface area contributed by atoms with E-state index in [1.165, 1.54) is 12.1 Å². The highest BCUT2D eigenvalue weighted by atomic mass is 16.5. The quantitative estimate of drug-likeness (QED) is 0.506. The molecule has 1 amide bonds. The molecule has 0 aliphatic carbocycles. The van der Waals surface area contributed by atoms with Crippen LogP contribution in [0.15, 0.2) is 18.2 Å². The molecule has 0 aromatic heterocycles. The second-order valence-corrected chi connectivity index (χ2v) is 4.74. The molecule has 1 N–H and O–H groups in total. The molecule has 0 radical (unpaired) electrons. The number of hydrogen-bond acceptors (Lipinski definition) is 5. The standard InChI is InChI=1S/C14H15NO5/c1-8(2)15-13(17)7-19-9-3-4-10-11(16)6-14(18)20-12(10)5-9/h3-5,8H,6-7H2,1-2H3,(H,15,17). The summed E-state index contributed by atoms with van der Waals surface area (Å²) >= 11 is 0. The zero-order chi connectivity index (χ0) is 14.7. The van der Waals surface area contributed by atoms with Gasteiger partial charge in [-0.1, -0.05) is 0 Å². The number of fused-ring (bicyclic) bond motifs is 1. The highest BCUT2D eigenvalue weighted by Crippen LogP contribution is 2.29. The number of hydrogen-bond donors (Lipinski definition) is 1.